The number of carbonyl (C=O) groups is 1. The second-order valence-electron chi connectivity index (χ2n) is 5.73. The Bertz CT molecular complexity index is 628. The first-order valence-electron chi connectivity index (χ1n) is 7.71. The molecule has 5 nitrogen and oxygen atoms in total. The second-order valence-corrected chi connectivity index (χ2v) is 5.73. The highest BCUT2D eigenvalue weighted by Gasteiger charge is 2.16. The number of nitrogens with zero attached hydrogens (tertiary/aromatic N) is 2. The molecule has 5 heteroatoms. The first kappa shape index (κ1) is 13.9. The summed E-state index contributed by atoms with van der Waals surface area (Å²) in [5.74, 6) is 0. The van der Waals surface area contributed by atoms with Crippen LogP contribution in [-0.2, 0) is 6.54 Å². The molecule has 112 valence electrons. The number of nitrogens with one attached hydrogen (secondary N) is 2. The standard InChI is InChI=1S/C16H22N4O/c1-12-14(20-10-6-5-9-15(20)18-12)11-17-16(21)19-13-7-3-2-4-8-13/h5-6,9-10,13H,2-4,7-8,11H2,1H3,(H2,17,19,21). The van der Waals surface area contributed by atoms with Gasteiger partial charge in [-0.3, -0.25) is 0 Å². The van der Waals surface area contributed by atoms with Crippen LogP contribution in [0.25, 0.3) is 5.65 Å². The molecule has 3 rings (SSSR count). The third-order valence-corrected chi connectivity index (χ3v) is 4.19. The lowest BCUT2D eigenvalue weighted by Crippen LogP contribution is -2.42. The van der Waals surface area contributed by atoms with Gasteiger partial charge in [0.2, 0.25) is 0 Å². The Balaban J connectivity index is 1.60. The molecular formula is C16H22N4O. The van der Waals surface area contributed by atoms with E-state index in [-0.39, 0.29) is 6.03 Å². The normalized spacial score (nSPS) is 16.0. The van der Waals surface area contributed by atoms with E-state index in [1.165, 1.54) is 19.3 Å². The van der Waals surface area contributed by atoms with E-state index >= 15 is 0 Å². The van der Waals surface area contributed by atoms with Gasteiger partial charge in [0.05, 0.1) is 17.9 Å². The van der Waals surface area contributed by atoms with E-state index < -0.39 is 0 Å². The van der Waals surface area contributed by atoms with Crippen molar-refractivity contribution < 1.29 is 4.79 Å². The fraction of sp³-hybridized carbons (Fsp3) is 0.500. The zero-order chi connectivity index (χ0) is 14.7. The molecule has 2 aromatic heterocycles. The Labute approximate surface area is 124 Å². The first-order valence-corrected chi connectivity index (χ1v) is 7.71. The summed E-state index contributed by atoms with van der Waals surface area (Å²) in [7, 11) is 0. The number of imidazole rings is 1. The lowest BCUT2D eigenvalue weighted by molar-refractivity contribution is 0.232. The van der Waals surface area contributed by atoms with Crippen LogP contribution in [0.5, 0.6) is 0 Å². The molecule has 0 radical (unpaired) electrons. The molecule has 21 heavy (non-hydrogen) atoms. The maximum Gasteiger partial charge on any atom is 0.315 e. The van der Waals surface area contributed by atoms with Gasteiger partial charge in [0.1, 0.15) is 5.65 Å². The smallest absolute Gasteiger partial charge is 0.315 e. The number of hydrogen-bond acceptors (Lipinski definition) is 2. The van der Waals surface area contributed by atoms with Crippen molar-refractivity contribution in [2.24, 2.45) is 0 Å². The molecule has 2 amide bonds. The zero-order valence-electron chi connectivity index (χ0n) is 12.4. The van der Waals surface area contributed by atoms with Gasteiger partial charge in [0.15, 0.2) is 0 Å². The quantitative estimate of drug-likeness (QED) is 0.911. The number of rotatable bonds is 3. The van der Waals surface area contributed by atoms with Crippen LogP contribution in [0.15, 0.2) is 24.4 Å². The van der Waals surface area contributed by atoms with Crippen LogP contribution in [0.2, 0.25) is 0 Å². The topological polar surface area (TPSA) is 58.4 Å². The van der Waals surface area contributed by atoms with Crippen LogP contribution in [-0.4, -0.2) is 21.5 Å². The fourth-order valence-corrected chi connectivity index (χ4v) is 3.02. The van der Waals surface area contributed by atoms with Crippen LogP contribution in [0, 0.1) is 6.92 Å². The molecule has 2 heterocycles. The summed E-state index contributed by atoms with van der Waals surface area (Å²) >= 11 is 0. The van der Waals surface area contributed by atoms with Crippen molar-refractivity contribution in [2.45, 2.75) is 51.6 Å². The van der Waals surface area contributed by atoms with E-state index in [0.29, 0.717) is 12.6 Å². The average molecular weight is 286 g/mol. The first-order chi connectivity index (χ1) is 10.2. The summed E-state index contributed by atoms with van der Waals surface area (Å²) < 4.78 is 2.02. The highest BCUT2D eigenvalue weighted by Crippen LogP contribution is 2.17. The Morgan fingerprint density at radius 3 is 2.95 bits per heavy atom. The number of urea groups is 1. The van der Waals surface area contributed by atoms with Gasteiger partial charge in [-0.1, -0.05) is 25.3 Å². The molecule has 0 aromatic carbocycles. The number of fused-ring (bicyclic) bond motifs is 1. The number of pyridine rings is 1. The third-order valence-electron chi connectivity index (χ3n) is 4.19. The molecular weight excluding hydrogens is 264 g/mol. The van der Waals surface area contributed by atoms with E-state index in [1.54, 1.807) is 0 Å². The molecule has 0 unspecified atom stereocenters. The number of carbonyl (C=O) groups excluding carboxylic acids is 1. The molecule has 2 N–H and O–H groups in total. The molecule has 0 atom stereocenters. The summed E-state index contributed by atoms with van der Waals surface area (Å²) in [6.07, 6.45) is 7.91. The molecule has 0 bridgehead atoms. The van der Waals surface area contributed by atoms with Gasteiger partial charge < -0.3 is 15.0 Å². The van der Waals surface area contributed by atoms with Gasteiger partial charge in [0, 0.05) is 12.2 Å². The maximum atomic E-state index is 12.0. The van der Waals surface area contributed by atoms with Crippen molar-refractivity contribution >= 4 is 11.7 Å². The van der Waals surface area contributed by atoms with Crippen LogP contribution >= 0.6 is 0 Å². The largest absolute Gasteiger partial charge is 0.335 e. The van der Waals surface area contributed by atoms with Crippen molar-refractivity contribution in [1.29, 1.82) is 0 Å². The SMILES string of the molecule is Cc1nc2ccccn2c1CNC(=O)NC1CCCCC1. The Morgan fingerprint density at radius 1 is 1.33 bits per heavy atom. The Hall–Kier alpha value is -2.04. The van der Waals surface area contributed by atoms with E-state index in [9.17, 15) is 4.79 Å². The predicted molar refractivity (Wildman–Crippen MR) is 82.2 cm³/mol. The average Bonchev–Trinajstić information content (AvgIpc) is 2.81. The maximum absolute atomic E-state index is 12.0. The molecule has 2 aromatic rings. The summed E-state index contributed by atoms with van der Waals surface area (Å²) in [6.45, 7) is 2.47. The van der Waals surface area contributed by atoms with Crippen LogP contribution in [0.3, 0.4) is 0 Å². The van der Waals surface area contributed by atoms with Crippen LogP contribution in [0.4, 0.5) is 4.79 Å². The van der Waals surface area contributed by atoms with Gasteiger partial charge in [-0.05, 0) is 31.9 Å². The summed E-state index contributed by atoms with van der Waals surface area (Å²) in [6, 6.07) is 6.17. The van der Waals surface area contributed by atoms with E-state index in [0.717, 1.165) is 29.9 Å². The molecule has 1 aliphatic carbocycles. The summed E-state index contributed by atoms with van der Waals surface area (Å²) in [5.41, 5.74) is 2.91. The van der Waals surface area contributed by atoms with Gasteiger partial charge in [-0.25, -0.2) is 9.78 Å². The highest BCUT2D eigenvalue weighted by atomic mass is 16.2. The third kappa shape index (κ3) is 3.17. The lowest BCUT2D eigenvalue weighted by Gasteiger charge is -2.22. The Kier molecular flexibility index (Phi) is 4.08. The van der Waals surface area contributed by atoms with E-state index in [4.69, 9.17) is 0 Å². The van der Waals surface area contributed by atoms with Crippen molar-refractivity contribution in [2.75, 3.05) is 0 Å². The zero-order valence-corrected chi connectivity index (χ0v) is 12.4. The molecule has 0 aliphatic heterocycles. The molecule has 0 spiro atoms. The number of aromatic nitrogens is 2. The summed E-state index contributed by atoms with van der Waals surface area (Å²) in [5, 5.41) is 6.02. The highest BCUT2D eigenvalue weighted by molar-refractivity contribution is 5.74. The fourth-order valence-electron chi connectivity index (χ4n) is 3.02. The minimum atomic E-state index is -0.0767. The molecule has 1 fully saturated rings. The van der Waals surface area contributed by atoms with Crippen molar-refractivity contribution in [1.82, 2.24) is 20.0 Å². The summed E-state index contributed by atoms with van der Waals surface area (Å²) in [4.78, 5) is 16.5. The van der Waals surface area contributed by atoms with Crippen molar-refractivity contribution in [3.8, 4) is 0 Å². The molecule has 0 saturated heterocycles. The minimum Gasteiger partial charge on any atom is -0.335 e. The van der Waals surface area contributed by atoms with Crippen LogP contribution in [0.1, 0.15) is 43.5 Å². The van der Waals surface area contributed by atoms with Gasteiger partial charge in [0.25, 0.3) is 0 Å². The molecule has 1 aliphatic rings. The van der Waals surface area contributed by atoms with E-state index in [2.05, 4.69) is 15.6 Å². The molecule has 1 saturated carbocycles. The predicted octanol–water partition coefficient (Wildman–Crippen LogP) is 2.77. The van der Waals surface area contributed by atoms with Gasteiger partial charge >= 0.3 is 6.03 Å². The Morgan fingerprint density at radius 2 is 2.14 bits per heavy atom. The van der Waals surface area contributed by atoms with Crippen molar-refractivity contribution in [3.05, 3.63) is 35.8 Å². The number of aryl methyl sites for hydroxylation is 1. The van der Waals surface area contributed by atoms with Gasteiger partial charge in [-0.15, -0.1) is 0 Å². The van der Waals surface area contributed by atoms with E-state index in [1.807, 2.05) is 35.7 Å². The number of hydrogen-bond donors (Lipinski definition) is 2. The lowest BCUT2D eigenvalue weighted by atomic mass is 9.96. The van der Waals surface area contributed by atoms with Gasteiger partial charge in [-0.2, -0.15) is 0 Å². The van der Waals surface area contributed by atoms with Crippen molar-refractivity contribution in [3.63, 3.8) is 0 Å². The second kappa shape index (κ2) is 6.16. The number of amides is 2. The van der Waals surface area contributed by atoms with Crippen LogP contribution < -0.4 is 10.6 Å². The monoisotopic (exact) mass is 286 g/mol. The minimum absolute atomic E-state index is 0.0767.